The summed E-state index contributed by atoms with van der Waals surface area (Å²) in [6.45, 7) is 0. The van der Waals surface area contributed by atoms with Crippen LogP contribution in [0.25, 0.3) is 0 Å². The summed E-state index contributed by atoms with van der Waals surface area (Å²) in [6.07, 6.45) is 1.67. The van der Waals surface area contributed by atoms with Gasteiger partial charge >= 0.3 is 0 Å². The molecule has 6 nitrogen and oxygen atoms in total. The Morgan fingerprint density at radius 2 is 1.69 bits per heavy atom. The van der Waals surface area contributed by atoms with E-state index < -0.39 is 11.7 Å². The van der Waals surface area contributed by atoms with Gasteiger partial charge in [-0.05, 0) is 48.7 Å². The number of amides is 1. The molecule has 0 bridgehead atoms. The van der Waals surface area contributed by atoms with Crippen LogP contribution in [0, 0.1) is 5.82 Å². The SMILES string of the molecule is COc1cc(C2CC(=O)N(c3ccc(F)c(Cl)c3)C3=C2C(=O)CCC3)cc(OC)c1OC. The fourth-order valence-electron chi connectivity index (χ4n) is 4.50. The van der Waals surface area contributed by atoms with Crippen LogP contribution in [0.15, 0.2) is 41.6 Å². The van der Waals surface area contributed by atoms with Gasteiger partial charge in [-0.2, -0.15) is 0 Å². The van der Waals surface area contributed by atoms with E-state index in [1.54, 1.807) is 12.1 Å². The lowest BCUT2D eigenvalue weighted by Crippen LogP contribution is -2.40. The fraction of sp³-hybridized carbons (Fsp3) is 0.333. The zero-order valence-electron chi connectivity index (χ0n) is 18.0. The third kappa shape index (κ3) is 3.71. The number of ketones is 1. The number of benzene rings is 2. The van der Waals surface area contributed by atoms with Crippen molar-refractivity contribution < 1.29 is 28.2 Å². The van der Waals surface area contributed by atoms with Crippen LogP contribution in [0.1, 0.15) is 37.2 Å². The third-order valence-electron chi connectivity index (χ3n) is 5.93. The molecule has 0 fully saturated rings. The molecule has 2 aromatic carbocycles. The van der Waals surface area contributed by atoms with E-state index in [9.17, 15) is 14.0 Å². The summed E-state index contributed by atoms with van der Waals surface area (Å²) in [7, 11) is 4.55. The van der Waals surface area contributed by atoms with Crippen LogP contribution in [0.5, 0.6) is 17.2 Å². The van der Waals surface area contributed by atoms with Crippen LogP contribution in [-0.4, -0.2) is 33.0 Å². The number of rotatable bonds is 5. The van der Waals surface area contributed by atoms with E-state index in [0.29, 0.717) is 53.5 Å². The average molecular weight is 460 g/mol. The Morgan fingerprint density at radius 3 is 2.28 bits per heavy atom. The highest BCUT2D eigenvalue weighted by atomic mass is 35.5. The molecule has 0 spiro atoms. The Bertz CT molecular complexity index is 1100. The normalized spacial score (nSPS) is 18.5. The molecule has 32 heavy (non-hydrogen) atoms. The summed E-state index contributed by atoms with van der Waals surface area (Å²) >= 11 is 5.97. The number of hydrogen-bond acceptors (Lipinski definition) is 5. The van der Waals surface area contributed by atoms with Gasteiger partial charge in [-0.25, -0.2) is 4.39 Å². The minimum absolute atomic E-state index is 0.00397. The van der Waals surface area contributed by atoms with E-state index in [0.717, 1.165) is 5.56 Å². The van der Waals surface area contributed by atoms with Gasteiger partial charge in [0.2, 0.25) is 11.7 Å². The summed E-state index contributed by atoms with van der Waals surface area (Å²) in [5, 5.41) is -0.0775. The smallest absolute Gasteiger partial charge is 0.232 e. The largest absolute Gasteiger partial charge is 0.493 e. The number of allylic oxidation sites excluding steroid dienone is 2. The van der Waals surface area contributed by atoms with Crippen LogP contribution < -0.4 is 19.1 Å². The molecule has 1 unspecified atom stereocenters. The number of Topliss-reactive ketones (excluding diaryl/α,β-unsaturated/α-hetero) is 1. The highest BCUT2D eigenvalue weighted by Gasteiger charge is 2.40. The molecule has 0 saturated heterocycles. The Balaban J connectivity index is 1.88. The molecule has 0 aromatic heterocycles. The third-order valence-corrected chi connectivity index (χ3v) is 6.22. The Labute approximate surface area is 190 Å². The first-order chi connectivity index (χ1) is 15.4. The van der Waals surface area contributed by atoms with Crippen molar-refractivity contribution in [3.8, 4) is 17.2 Å². The first-order valence-corrected chi connectivity index (χ1v) is 10.6. The summed E-state index contributed by atoms with van der Waals surface area (Å²) in [4.78, 5) is 27.9. The molecule has 0 saturated carbocycles. The molecular formula is C24H23ClFNO5. The van der Waals surface area contributed by atoms with E-state index >= 15 is 0 Å². The van der Waals surface area contributed by atoms with Gasteiger partial charge < -0.3 is 14.2 Å². The molecule has 2 aromatic rings. The molecule has 1 aliphatic carbocycles. The molecule has 1 aliphatic heterocycles. The first-order valence-electron chi connectivity index (χ1n) is 10.2. The lowest BCUT2D eigenvalue weighted by Gasteiger charge is -2.38. The molecule has 168 valence electrons. The van der Waals surface area contributed by atoms with Crippen LogP contribution in [0.2, 0.25) is 5.02 Å². The molecule has 1 heterocycles. The Kier molecular flexibility index (Phi) is 6.11. The summed E-state index contributed by atoms with van der Waals surface area (Å²) in [5.41, 5.74) is 2.41. The number of halogens is 2. The quantitative estimate of drug-likeness (QED) is 0.627. The van der Waals surface area contributed by atoms with E-state index in [-0.39, 0.29) is 23.1 Å². The number of methoxy groups -OCH3 is 3. The van der Waals surface area contributed by atoms with E-state index in [1.165, 1.54) is 44.4 Å². The van der Waals surface area contributed by atoms with Crippen molar-refractivity contribution in [3.63, 3.8) is 0 Å². The molecule has 0 N–H and O–H groups in total. The first kappa shape index (κ1) is 22.1. The Hall–Kier alpha value is -3.06. The summed E-state index contributed by atoms with van der Waals surface area (Å²) in [5.74, 6) is 0.124. The molecule has 1 atom stereocenters. The summed E-state index contributed by atoms with van der Waals surface area (Å²) in [6, 6.07) is 7.69. The van der Waals surface area contributed by atoms with Crippen molar-refractivity contribution in [2.75, 3.05) is 26.2 Å². The predicted molar refractivity (Wildman–Crippen MR) is 118 cm³/mol. The van der Waals surface area contributed by atoms with Crippen LogP contribution >= 0.6 is 11.6 Å². The average Bonchev–Trinajstić information content (AvgIpc) is 2.79. The number of anilines is 1. The van der Waals surface area contributed by atoms with Gasteiger partial charge in [0.25, 0.3) is 0 Å². The van der Waals surface area contributed by atoms with Gasteiger partial charge in [-0.1, -0.05) is 11.6 Å². The lowest BCUT2D eigenvalue weighted by molar-refractivity contribution is -0.119. The molecule has 4 rings (SSSR count). The highest BCUT2D eigenvalue weighted by molar-refractivity contribution is 6.31. The number of carbonyl (C=O) groups is 2. The summed E-state index contributed by atoms with van der Waals surface area (Å²) < 4.78 is 30.0. The minimum Gasteiger partial charge on any atom is -0.493 e. The van der Waals surface area contributed by atoms with Gasteiger partial charge in [0.15, 0.2) is 17.3 Å². The lowest BCUT2D eigenvalue weighted by atomic mass is 9.77. The van der Waals surface area contributed by atoms with E-state index in [4.69, 9.17) is 25.8 Å². The molecule has 1 amide bonds. The molecule has 8 heteroatoms. The van der Waals surface area contributed by atoms with Gasteiger partial charge in [0.05, 0.1) is 32.0 Å². The predicted octanol–water partition coefficient (Wildman–Crippen LogP) is 5.03. The zero-order valence-corrected chi connectivity index (χ0v) is 18.8. The minimum atomic E-state index is -0.566. The van der Waals surface area contributed by atoms with Crippen LogP contribution in [0.4, 0.5) is 10.1 Å². The van der Waals surface area contributed by atoms with Crippen molar-refractivity contribution in [1.82, 2.24) is 0 Å². The Morgan fingerprint density at radius 1 is 1.00 bits per heavy atom. The molecule has 2 aliphatic rings. The van der Waals surface area contributed by atoms with E-state index in [1.807, 2.05) is 0 Å². The van der Waals surface area contributed by atoms with Gasteiger partial charge in [0.1, 0.15) is 5.82 Å². The highest BCUT2D eigenvalue weighted by Crippen LogP contribution is 2.47. The zero-order chi connectivity index (χ0) is 23.0. The number of nitrogens with zero attached hydrogens (tertiary/aromatic N) is 1. The van der Waals surface area contributed by atoms with Crippen molar-refractivity contribution in [2.24, 2.45) is 0 Å². The van der Waals surface area contributed by atoms with Gasteiger partial charge in [-0.3, -0.25) is 14.5 Å². The second-order valence-corrected chi connectivity index (χ2v) is 8.09. The van der Waals surface area contributed by atoms with Gasteiger partial charge in [-0.15, -0.1) is 0 Å². The maximum Gasteiger partial charge on any atom is 0.232 e. The monoisotopic (exact) mass is 459 g/mol. The standard InChI is InChI=1S/C24H23ClFNO5/c1-30-20-9-13(10-21(31-2)24(20)32-3)15-12-22(29)27(14-7-8-17(26)16(25)11-14)18-5-4-6-19(28)23(15)18/h7-11,15H,4-6,12H2,1-3H3. The number of ether oxygens (including phenoxy) is 3. The van der Waals surface area contributed by atoms with Crippen LogP contribution in [0.3, 0.4) is 0 Å². The van der Waals surface area contributed by atoms with Crippen molar-refractivity contribution in [2.45, 2.75) is 31.6 Å². The van der Waals surface area contributed by atoms with Gasteiger partial charge in [0, 0.05) is 30.0 Å². The van der Waals surface area contributed by atoms with Crippen LogP contribution in [-0.2, 0) is 9.59 Å². The fourth-order valence-corrected chi connectivity index (χ4v) is 4.68. The van der Waals surface area contributed by atoms with Crippen molar-refractivity contribution in [1.29, 1.82) is 0 Å². The van der Waals surface area contributed by atoms with Crippen molar-refractivity contribution >= 4 is 29.0 Å². The topological polar surface area (TPSA) is 65.1 Å². The maximum atomic E-state index is 13.7. The molecule has 0 radical (unpaired) electrons. The van der Waals surface area contributed by atoms with E-state index in [2.05, 4.69) is 0 Å². The second kappa shape index (κ2) is 8.82. The maximum absolute atomic E-state index is 13.7. The number of carbonyl (C=O) groups excluding carboxylic acids is 2. The second-order valence-electron chi connectivity index (χ2n) is 7.68. The van der Waals surface area contributed by atoms with Crippen molar-refractivity contribution in [3.05, 3.63) is 58.0 Å². The molecular weight excluding hydrogens is 437 g/mol. The number of hydrogen-bond donors (Lipinski definition) is 0.